The Hall–Kier alpha value is -2.11. The molecule has 0 aliphatic carbocycles. The van der Waals surface area contributed by atoms with E-state index in [0.717, 1.165) is 12.8 Å². The molecule has 1 fully saturated rings. The lowest BCUT2D eigenvalue weighted by Gasteiger charge is -2.28. The number of hydrogen-bond acceptors (Lipinski definition) is 5. The highest BCUT2D eigenvalue weighted by Gasteiger charge is 2.32. The molecule has 6 heteroatoms. The van der Waals surface area contributed by atoms with Crippen LogP contribution in [0.4, 0.5) is 10.5 Å². The first kappa shape index (κ1) is 17.2. The van der Waals surface area contributed by atoms with Crippen LogP contribution in [0.3, 0.4) is 0 Å². The van der Waals surface area contributed by atoms with Gasteiger partial charge in [0, 0.05) is 12.6 Å². The highest BCUT2D eigenvalue weighted by molar-refractivity contribution is 5.69. The molecule has 1 aliphatic heterocycles. The summed E-state index contributed by atoms with van der Waals surface area (Å²) >= 11 is 0. The van der Waals surface area contributed by atoms with Crippen LogP contribution in [0, 0.1) is 0 Å². The van der Waals surface area contributed by atoms with Crippen molar-refractivity contribution in [1.82, 2.24) is 4.90 Å². The van der Waals surface area contributed by atoms with E-state index in [-0.39, 0.29) is 12.1 Å². The molecule has 0 saturated carbocycles. The van der Waals surface area contributed by atoms with Gasteiger partial charge in [0.2, 0.25) is 0 Å². The maximum absolute atomic E-state index is 12.2. The van der Waals surface area contributed by atoms with Gasteiger partial charge >= 0.3 is 6.09 Å². The van der Waals surface area contributed by atoms with Crippen LogP contribution in [0.25, 0.3) is 0 Å². The summed E-state index contributed by atoms with van der Waals surface area (Å²) in [6.07, 6.45) is 1.58. The molecule has 1 amide bonds. The van der Waals surface area contributed by atoms with Crippen LogP contribution in [0.2, 0.25) is 0 Å². The van der Waals surface area contributed by atoms with Crippen LogP contribution in [-0.4, -0.2) is 42.9 Å². The molecule has 0 unspecified atom stereocenters. The summed E-state index contributed by atoms with van der Waals surface area (Å²) in [7, 11) is 1.57. The van der Waals surface area contributed by atoms with Gasteiger partial charge < -0.3 is 24.8 Å². The summed E-state index contributed by atoms with van der Waals surface area (Å²) < 4.78 is 16.4. The van der Waals surface area contributed by atoms with Crippen LogP contribution >= 0.6 is 0 Å². The van der Waals surface area contributed by atoms with Crippen LogP contribution < -0.4 is 15.2 Å². The predicted octanol–water partition coefficient (Wildman–Crippen LogP) is 3.06. The van der Waals surface area contributed by atoms with Crippen LogP contribution in [0.1, 0.15) is 33.6 Å². The van der Waals surface area contributed by atoms with Gasteiger partial charge in [-0.2, -0.15) is 0 Å². The molecule has 128 valence electrons. The van der Waals surface area contributed by atoms with Crippen LogP contribution in [0.15, 0.2) is 18.2 Å². The van der Waals surface area contributed by atoms with Gasteiger partial charge in [0.1, 0.15) is 23.7 Å². The van der Waals surface area contributed by atoms with Crippen molar-refractivity contribution in [3.8, 4) is 11.5 Å². The molecule has 2 rings (SSSR count). The van der Waals surface area contributed by atoms with Crippen molar-refractivity contribution >= 4 is 11.8 Å². The van der Waals surface area contributed by atoms with Gasteiger partial charge in [-0.15, -0.1) is 0 Å². The predicted molar refractivity (Wildman–Crippen MR) is 88.9 cm³/mol. The molecule has 0 radical (unpaired) electrons. The molecule has 1 aliphatic rings. The average molecular weight is 322 g/mol. The Morgan fingerprint density at radius 3 is 2.74 bits per heavy atom. The number of nitrogen functional groups attached to an aromatic ring is 1. The first-order valence-corrected chi connectivity index (χ1v) is 7.86. The molecule has 1 saturated heterocycles. The summed E-state index contributed by atoms with van der Waals surface area (Å²) in [5.41, 5.74) is 5.91. The zero-order valence-corrected chi connectivity index (χ0v) is 14.3. The normalized spacial score (nSPS) is 17.9. The second-order valence-corrected chi connectivity index (χ2v) is 6.68. The van der Waals surface area contributed by atoms with E-state index in [2.05, 4.69) is 0 Å². The van der Waals surface area contributed by atoms with Gasteiger partial charge in [-0.3, -0.25) is 0 Å². The number of hydrogen-bond donors (Lipinski definition) is 1. The van der Waals surface area contributed by atoms with E-state index in [4.69, 9.17) is 19.9 Å². The minimum Gasteiger partial charge on any atom is -0.495 e. The third kappa shape index (κ3) is 4.68. The van der Waals surface area contributed by atoms with Gasteiger partial charge in [-0.1, -0.05) is 0 Å². The highest BCUT2D eigenvalue weighted by Crippen LogP contribution is 2.27. The summed E-state index contributed by atoms with van der Waals surface area (Å²) in [5, 5.41) is 0. The van der Waals surface area contributed by atoms with Crippen LogP contribution in [0.5, 0.6) is 11.5 Å². The first-order valence-electron chi connectivity index (χ1n) is 7.86. The molecule has 1 aromatic carbocycles. The lowest BCUT2D eigenvalue weighted by atomic mass is 10.2. The SMILES string of the molecule is COc1ccc(OC[C@@H]2CCCN2C(=O)OC(C)(C)C)cc1N. The van der Waals surface area contributed by atoms with Crippen molar-refractivity contribution in [1.29, 1.82) is 0 Å². The molecule has 0 bridgehead atoms. The number of ether oxygens (including phenoxy) is 3. The van der Waals surface area contributed by atoms with E-state index >= 15 is 0 Å². The monoisotopic (exact) mass is 322 g/mol. The Balaban J connectivity index is 1.94. The Morgan fingerprint density at radius 2 is 2.13 bits per heavy atom. The number of methoxy groups -OCH3 is 1. The quantitative estimate of drug-likeness (QED) is 0.862. The van der Waals surface area contributed by atoms with E-state index in [1.54, 1.807) is 24.1 Å². The fourth-order valence-electron chi connectivity index (χ4n) is 2.56. The van der Waals surface area contributed by atoms with E-state index in [1.807, 2.05) is 26.8 Å². The number of nitrogens with zero attached hydrogens (tertiary/aromatic N) is 1. The number of nitrogens with two attached hydrogens (primary N) is 1. The second-order valence-electron chi connectivity index (χ2n) is 6.68. The van der Waals surface area contributed by atoms with Crippen molar-refractivity contribution in [2.75, 3.05) is 26.0 Å². The molecule has 1 atom stereocenters. The smallest absolute Gasteiger partial charge is 0.410 e. The van der Waals surface area contributed by atoms with Gasteiger partial charge in [0.05, 0.1) is 18.8 Å². The molecule has 6 nitrogen and oxygen atoms in total. The van der Waals surface area contributed by atoms with Gasteiger partial charge in [0.15, 0.2) is 0 Å². The molecule has 0 spiro atoms. The number of carbonyl (C=O) groups excluding carboxylic acids is 1. The van der Waals surface area contributed by atoms with Crippen molar-refractivity contribution in [2.45, 2.75) is 45.3 Å². The zero-order chi connectivity index (χ0) is 17.0. The van der Waals surface area contributed by atoms with Gasteiger partial charge in [0.25, 0.3) is 0 Å². The van der Waals surface area contributed by atoms with E-state index in [0.29, 0.717) is 30.3 Å². The third-order valence-corrected chi connectivity index (χ3v) is 3.65. The fraction of sp³-hybridized carbons (Fsp3) is 0.588. The third-order valence-electron chi connectivity index (χ3n) is 3.65. The number of anilines is 1. The Labute approximate surface area is 137 Å². The first-order chi connectivity index (χ1) is 10.8. The Bertz CT molecular complexity index is 554. The van der Waals surface area contributed by atoms with Crippen molar-refractivity contribution in [3.63, 3.8) is 0 Å². The zero-order valence-electron chi connectivity index (χ0n) is 14.3. The number of carbonyl (C=O) groups is 1. The van der Waals surface area contributed by atoms with E-state index in [9.17, 15) is 4.79 Å². The number of likely N-dealkylation sites (tertiary alicyclic amines) is 1. The topological polar surface area (TPSA) is 74.0 Å². The minimum absolute atomic E-state index is 0.0215. The van der Waals surface area contributed by atoms with Crippen molar-refractivity contribution in [3.05, 3.63) is 18.2 Å². The van der Waals surface area contributed by atoms with Crippen LogP contribution in [-0.2, 0) is 4.74 Å². The molecule has 23 heavy (non-hydrogen) atoms. The lowest BCUT2D eigenvalue weighted by Crippen LogP contribution is -2.42. The largest absolute Gasteiger partial charge is 0.495 e. The lowest BCUT2D eigenvalue weighted by molar-refractivity contribution is 0.0187. The second kappa shape index (κ2) is 6.98. The van der Waals surface area contributed by atoms with E-state index in [1.165, 1.54) is 0 Å². The Kier molecular flexibility index (Phi) is 5.23. The molecule has 2 N–H and O–H groups in total. The summed E-state index contributed by atoms with van der Waals surface area (Å²) in [4.78, 5) is 14.0. The van der Waals surface area contributed by atoms with Gasteiger partial charge in [-0.25, -0.2) is 4.79 Å². The average Bonchev–Trinajstić information content (AvgIpc) is 2.92. The standard InChI is InChI=1S/C17H26N2O4/c1-17(2,3)23-16(20)19-9-5-6-12(19)11-22-13-7-8-15(21-4)14(18)10-13/h7-8,10,12H,5-6,9,11,18H2,1-4H3/t12-/m0/s1. The number of amides is 1. The van der Waals surface area contributed by atoms with Crippen molar-refractivity contribution in [2.24, 2.45) is 0 Å². The summed E-state index contributed by atoms with van der Waals surface area (Å²) in [6.45, 7) is 6.73. The number of rotatable bonds is 4. The highest BCUT2D eigenvalue weighted by atomic mass is 16.6. The minimum atomic E-state index is -0.491. The van der Waals surface area contributed by atoms with Crippen molar-refractivity contribution < 1.29 is 19.0 Å². The molecular formula is C17H26N2O4. The number of benzene rings is 1. The maximum Gasteiger partial charge on any atom is 0.410 e. The molecule has 1 heterocycles. The maximum atomic E-state index is 12.2. The molecular weight excluding hydrogens is 296 g/mol. The Morgan fingerprint density at radius 1 is 1.39 bits per heavy atom. The van der Waals surface area contributed by atoms with E-state index < -0.39 is 5.60 Å². The fourth-order valence-corrected chi connectivity index (χ4v) is 2.56. The summed E-state index contributed by atoms with van der Waals surface area (Å²) in [6, 6.07) is 5.33. The van der Waals surface area contributed by atoms with Gasteiger partial charge in [-0.05, 0) is 45.7 Å². The molecule has 0 aromatic heterocycles. The summed E-state index contributed by atoms with van der Waals surface area (Å²) in [5.74, 6) is 1.29. The molecule has 1 aromatic rings.